The van der Waals surface area contributed by atoms with E-state index in [0.717, 1.165) is 0 Å². The summed E-state index contributed by atoms with van der Waals surface area (Å²) in [6.07, 6.45) is 4.20. The van der Waals surface area contributed by atoms with Gasteiger partial charge in [-0.2, -0.15) is 0 Å². The Morgan fingerprint density at radius 1 is 1.19 bits per heavy atom. The zero-order valence-corrected chi connectivity index (χ0v) is 14.8. The highest BCUT2D eigenvalue weighted by molar-refractivity contribution is 7.12. The lowest BCUT2D eigenvalue weighted by Gasteiger charge is -2.08. The second-order valence-corrected chi connectivity index (χ2v) is 6.45. The largest absolute Gasteiger partial charge is 0.347 e. The van der Waals surface area contributed by atoms with Crippen LogP contribution in [0.15, 0.2) is 48.2 Å². The zero-order valence-electron chi connectivity index (χ0n) is 13.2. The number of carbonyl (C=O) groups excluding carboxylic acids is 2. The average Bonchev–Trinajstić information content (AvgIpc) is 3.09. The van der Waals surface area contributed by atoms with Gasteiger partial charge in [-0.1, -0.05) is 17.7 Å². The minimum absolute atomic E-state index is 0.132. The number of anilines is 1. The molecule has 0 aliphatic rings. The maximum Gasteiger partial charge on any atom is 0.275 e. The summed E-state index contributed by atoms with van der Waals surface area (Å²) in [7, 11) is 0. The smallest absolute Gasteiger partial charge is 0.275 e. The molecule has 0 saturated carbocycles. The Morgan fingerprint density at radius 3 is 2.77 bits per heavy atom. The van der Waals surface area contributed by atoms with E-state index in [4.69, 9.17) is 11.6 Å². The van der Waals surface area contributed by atoms with Crippen LogP contribution in [-0.4, -0.2) is 21.8 Å². The van der Waals surface area contributed by atoms with Crippen molar-refractivity contribution in [1.82, 2.24) is 15.3 Å². The number of amides is 2. The maximum atomic E-state index is 13.1. The Labute approximate surface area is 157 Å². The van der Waals surface area contributed by atoms with Gasteiger partial charge in [0, 0.05) is 24.0 Å². The van der Waals surface area contributed by atoms with E-state index in [1.165, 1.54) is 48.1 Å². The fourth-order valence-corrected chi connectivity index (χ4v) is 3.11. The van der Waals surface area contributed by atoms with Crippen LogP contribution in [0.2, 0.25) is 5.02 Å². The third kappa shape index (κ3) is 4.22. The Balaban J connectivity index is 1.67. The van der Waals surface area contributed by atoms with Crippen molar-refractivity contribution in [3.63, 3.8) is 0 Å². The zero-order chi connectivity index (χ0) is 18.5. The molecular formula is C17H12ClFN4O2S. The Bertz CT molecular complexity index is 949. The van der Waals surface area contributed by atoms with Crippen molar-refractivity contribution in [1.29, 1.82) is 0 Å². The molecule has 0 aliphatic carbocycles. The summed E-state index contributed by atoms with van der Waals surface area (Å²) in [6, 6.07) is 5.58. The van der Waals surface area contributed by atoms with Gasteiger partial charge in [0.1, 0.15) is 16.4 Å². The van der Waals surface area contributed by atoms with Gasteiger partial charge < -0.3 is 10.6 Å². The van der Waals surface area contributed by atoms with Crippen LogP contribution in [-0.2, 0) is 6.54 Å². The minimum atomic E-state index is -0.466. The van der Waals surface area contributed by atoms with Gasteiger partial charge in [-0.15, -0.1) is 11.3 Å². The van der Waals surface area contributed by atoms with E-state index in [1.807, 2.05) is 0 Å². The average molecular weight is 391 g/mol. The lowest BCUT2D eigenvalue weighted by atomic mass is 10.2. The van der Waals surface area contributed by atoms with Crippen molar-refractivity contribution in [3.8, 4) is 0 Å². The van der Waals surface area contributed by atoms with E-state index in [2.05, 4.69) is 20.6 Å². The molecule has 0 unspecified atom stereocenters. The molecule has 0 spiro atoms. The van der Waals surface area contributed by atoms with Crippen molar-refractivity contribution >= 4 is 40.4 Å². The molecule has 1 aromatic carbocycles. The molecule has 132 valence electrons. The molecule has 2 heterocycles. The van der Waals surface area contributed by atoms with E-state index >= 15 is 0 Å². The van der Waals surface area contributed by atoms with Gasteiger partial charge in [0.15, 0.2) is 0 Å². The maximum absolute atomic E-state index is 13.1. The van der Waals surface area contributed by atoms with Gasteiger partial charge in [0.25, 0.3) is 11.8 Å². The molecule has 0 radical (unpaired) electrons. The fourth-order valence-electron chi connectivity index (χ4n) is 2.11. The highest BCUT2D eigenvalue weighted by atomic mass is 35.5. The standard InChI is InChI=1S/C17H12ClFN4O2S/c18-12-7-11(19)2-1-10(12)8-22-17(25)15-13(3-6-26-15)23-16(24)14-9-20-4-5-21-14/h1-7,9H,8H2,(H,22,25)(H,23,24). The fraction of sp³-hybridized carbons (Fsp3) is 0.0588. The van der Waals surface area contributed by atoms with Crippen molar-refractivity contribution in [2.45, 2.75) is 6.54 Å². The Morgan fingerprint density at radius 2 is 2.04 bits per heavy atom. The van der Waals surface area contributed by atoms with Crippen LogP contribution in [0.25, 0.3) is 0 Å². The number of nitrogens with zero attached hydrogens (tertiary/aromatic N) is 2. The van der Waals surface area contributed by atoms with Gasteiger partial charge in [-0.25, -0.2) is 9.37 Å². The molecule has 2 aromatic heterocycles. The van der Waals surface area contributed by atoms with Crippen molar-refractivity contribution < 1.29 is 14.0 Å². The third-order valence-corrected chi connectivity index (χ3v) is 4.64. The summed E-state index contributed by atoms with van der Waals surface area (Å²) >= 11 is 7.13. The minimum Gasteiger partial charge on any atom is -0.347 e. The van der Waals surface area contributed by atoms with Crippen LogP contribution in [0, 0.1) is 5.82 Å². The van der Waals surface area contributed by atoms with Crippen molar-refractivity contribution in [2.75, 3.05) is 5.32 Å². The second kappa shape index (κ2) is 8.03. The number of thiophene rings is 1. The Hall–Kier alpha value is -2.84. The molecule has 0 aliphatic heterocycles. The van der Waals surface area contributed by atoms with E-state index in [0.29, 0.717) is 16.1 Å². The molecule has 9 heteroatoms. The van der Waals surface area contributed by atoms with Crippen LogP contribution in [0.4, 0.5) is 10.1 Å². The van der Waals surface area contributed by atoms with Gasteiger partial charge in [0.05, 0.1) is 11.9 Å². The first kappa shape index (κ1) is 18.0. The summed E-state index contributed by atoms with van der Waals surface area (Å²) < 4.78 is 13.1. The molecule has 2 N–H and O–H groups in total. The summed E-state index contributed by atoms with van der Waals surface area (Å²) in [5.41, 5.74) is 1.10. The van der Waals surface area contributed by atoms with Gasteiger partial charge >= 0.3 is 0 Å². The summed E-state index contributed by atoms with van der Waals surface area (Å²) in [6.45, 7) is 0.132. The number of benzene rings is 1. The molecule has 2 amide bonds. The molecule has 0 bridgehead atoms. The summed E-state index contributed by atoms with van der Waals surface area (Å²) in [5, 5.41) is 7.25. The van der Waals surface area contributed by atoms with Crippen LogP contribution in [0.3, 0.4) is 0 Å². The van der Waals surface area contributed by atoms with Gasteiger partial charge in [-0.05, 0) is 29.1 Å². The highest BCUT2D eigenvalue weighted by Gasteiger charge is 2.17. The summed E-state index contributed by atoms with van der Waals surface area (Å²) in [4.78, 5) is 32.6. The van der Waals surface area contributed by atoms with E-state index in [9.17, 15) is 14.0 Å². The normalized spacial score (nSPS) is 10.4. The number of halogens is 2. The quantitative estimate of drug-likeness (QED) is 0.698. The predicted octanol–water partition coefficient (Wildman–Crippen LogP) is 3.51. The monoisotopic (exact) mass is 390 g/mol. The number of aromatic nitrogens is 2. The first-order chi connectivity index (χ1) is 12.5. The molecule has 0 atom stereocenters. The van der Waals surface area contributed by atoms with Crippen LogP contribution >= 0.6 is 22.9 Å². The van der Waals surface area contributed by atoms with Crippen LogP contribution in [0.1, 0.15) is 25.7 Å². The number of nitrogens with one attached hydrogen (secondary N) is 2. The number of hydrogen-bond acceptors (Lipinski definition) is 5. The molecule has 0 saturated heterocycles. The van der Waals surface area contributed by atoms with Crippen LogP contribution < -0.4 is 10.6 Å². The highest BCUT2D eigenvalue weighted by Crippen LogP contribution is 2.23. The molecule has 3 rings (SSSR count). The number of hydrogen-bond donors (Lipinski definition) is 2. The number of carbonyl (C=O) groups is 2. The first-order valence-corrected chi connectivity index (χ1v) is 8.67. The number of rotatable bonds is 5. The lowest BCUT2D eigenvalue weighted by Crippen LogP contribution is -2.24. The molecule has 0 fully saturated rings. The second-order valence-electron chi connectivity index (χ2n) is 5.13. The lowest BCUT2D eigenvalue weighted by molar-refractivity contribution is 0.0956. The van der Waals surface area contributed by atoms with E-state index < -0.39 is 11.7 Å². The SMILES string of the molecule is O=C(Nc1ccsc1C(=O)NCc1ccc(F)cc1Cl)c1cnccn1. The third-order valence-electron chi connectivity index (χ3n) is 3.37. The molecule has 3 aromatic rings. The van der Waals surface area contributed by atoms with E-state index in [-0.39, 0.29) is 23.2 Å². The first-order valence-electron chi connectivity index (χ1n) is 7.41. The van der Waals surface area contributed by atoms with Gasteiger partial charge in [-0.3, -0.25) is 14.6 Å². The van der Waals surface area contributed by atoms with Crippen molar-refractivity contribution in [2.24, 2.45) is 0 Å². The predicted molar refractivity (Wildman–Crippen MR) is 96.9 cm³/mol. The summed E-state index contributed by atoms with van der Waals surface area (Å²) in [5.74, 6) is -1.29. The Kier molecular flexibility index (Phi) is 5.55. The van der Waals surface area contributed by atoms with Crippen molar-refractivity contribution in [3.05, 3.63) is 75.2 Å². The molecular weight excluding hydrogens is 379 g/mol. The topological polar surface area (TPSA) is 84.0 Å². The van der Waals surface area contributed by atoms with Gasteiger partial charge in [0.2, 0.25) is 0 Å². The molecule has 6 nitrogen and oxygen atoms in total. The molecule has 26 heavy (non-hydrogen) atoms. The van der Waals surface area contributed by atoms with E-state index in [1.54, 1.807) is 11.4 Å². The van der Waals surface area contributed by atoms with Crippen LogP contribution in [0.5, 0.6) is 0 Å².